The van der Waals surface area contributed by atoms with E-state index in [1.165, 1.54) is 17.6 Å². The summed E-state index contributed by atoms with van der Waals surface area (Å²) in [6, 6.07) is 12.2. The topological polar surface area (TPSA) is 46.5 Å². The van der Waals surface area contributed by atoms with Crippen molar-refractivity contribution in [3.05, 3.63) is 65.3 Å². The van der Waals surface area contributed by atoms with Crippen LogP contribution in [-0.2, 0) is 0 Å². The minimum absolute atomic E-state index is 0.108. The van der Waals surface area contributed by atoms with Gasteiger partial charge in [-0.2, -0.15) is 5.10 Å². The van der Waals surface area contributed by atoms with Crippen LogP contribution in [0, 0.1) is 5.82 Å². The summed E-state index contributed by atoms with van der Waals surface area (Å²) in [5.74, 6) is -1.52. The molecule has 3 aromatic rings. The van der Waals surface area contributed by atoms with Crippen LogP contribution in [-0.4, -0.2) is 17.6 Å². The Hall–Kier alpha value is -2.94. The number of thiazole rings is 1. The largest absolute Gasteiger partial charge is 0.573 e. The van der Waals surface area contributed by atoms with Crippen LogP contribution in [0.4, 0.5) is 22.7 Å². The molecule has 0 aliphatic carbocycles. The Kier molecular flexibility index (Phi) is 5.17. The second kappa shape index (κ2) is 7.52. The molecule has 1 heterocycles. The van der Waals surface area contributed by atoms with Crippen LogP contribution in [0.1, 0.15) is 5.56 Å². The summed E-state index contributed by atoms with van der Waals surface area (Å²) in [5, 5.41) is 6.19. The fourth-order valence-corrected chi connectivity index (χ4v) is 2.75. The van der Waals surface area contributed by atoms with Crippen LogP contribution in [0.2, 0.25) is 0 Å². The molecule has 1 aromatic heterocycles. The molecule has 3 rings (SSSR count). The van der Waals surface area contributed by atoms with Crippen molar-refractivity contribution in [2.45, 2.75) is 6.36 Å². The van der Waals surface area contributed by atoms with Gasteiger partial charge in [-0.1, -0.05) is 30.3 Å². The first-order chi connectivity index (χ1) is 12.4. The zero-order valence-corrected chi connectivity index (χ0v) is 13.8. The van der Waals surface area contributed by atoms with Gasteiger partial charge in [-0.25, -0.2) is 9.37 Å². The number of ether oxygens (including phenoxy) is 1. The maximum atomic E-state index is 13.4. The molecule has 2 aromatic carbocycles. The van der Waals surface area contributed by atoms with Gasteiger partial charge in [-0.15, -0.1) is 24.5 Å². The summed E-state index contributed by atoms with van der Waals surface area (Å²) in [6.45, 7) is 0. The van der Waals surface area contributed by atoms with E-state index < -0.39 is 17.9 Å². The SMILES string of the molecule is Fc1cc(C=NNc2nc(-c3ccccc3)cs2)cc(OC(F)(F)F)c1. The van der Waals surface area contributed by atoms with E-state index in [1.807, 2.05) is 35.7 Å². The molecular weight excluding hydrogens is 370 g/mol. The number of aromatic nitrogens is 1. The molecule has 0 bridgehead atoms. The number of rotatable bonds is 5. The first-order valence-corrected chi connectivity index (χ1v) is 8.13. The van der Waals surface area contributed by atoms with E-state index in [-0.39, 0.29) is 5.56 Å². The molecule has 0 aliphatic rings. The third-order valence-corrected chi connectivity index (χ3v) is 3.82. The van der Waals surface area contributed by atoms with Crippen LogP contribution < -0.4 is 10.2 Å². The molecule has 4 nitrogen and oxygen atoms in total. The van der Waals surface area contributed by atoms with Crippen LogP contribution in [0.5, 0.6) is 5.75 Å². The van der Waals surface area contributed by atoms with Crippen LogP contribution in [0.15, 0.2) is 59.0 Å². The molecule has 0 unspecified atom stereocenters. The van der Waals surface area contributed by atoms with Crippen molar-refractivity contribution in [2.75, 3.05) is 5.43 Å². The molecule has 134 valence electrons. The van der Waals surface area contributed by atoms with Gasteiger partial charge in [-0.3, -0.25) is 5.43 Å². The van der Waals surface area contributed by atoms with Gasteiger partial charge in [0.05, 0.1) is 11.9 Å². The number of alkyl halides is 3. The van der Waals surface area contributed by atoms with Gasteiger partial charge in [0.15, 0.2) is 0 Å². The van der Waals surface area contributed by atoms with Crippen LogP contribution >= 0.6 is 11.3 Å². The molecule has 1 N–H and O–H groups in total. The second-order valence-corrected chi connectivity index (χ2v) is 5.90. The monoisotopic (exact) mass is 381 g/mol. The lowest BCUT2D eigenvalue weighted by Crippen LogP contribution is -2.17. The Balaban J connectivity index is 1.68. The fourth-order valence-electron chi connectivity index (χ4n) is 2.08. The molecule has 26 heavy (non-hydrogen) atoms. The first kappa shape index (κ1) is 17.9. The quantitative estimate of drug-likeness (QED) is 0.371. The Morgan fingerprint density at radius 1 is 1.12 bits per heavy atom. The number of hydrogen-bond donors (Lipinski definition) is 1. The number of nitrogens with one attached hydrogen (secondary N) is 1. The molecular formula is C17H11F4N3OS. The Morgan fingerprint density at radius 2 is 1.88 bits per heavy atom. The molecule has 0 fully saturated rings. The number of hydrogen-bond acceptors (Lipinski definition) is 5. The normalized spacial score (nSPS) is 11.7. The third-order valence-electron chi connectivity index (χ3n) is 3.07. The highest BCUT2D eigenvalue weighted by molar-refractivity contribution is 7.14. The standard InChI is InChI=1S/C17H11F4N3OS/c18-13-6-11(7-14(8-13)25-17(19,20)21)9-22-24-16-23-15(10-26-16)12-4-2-1-3-5-12/h1-10H,(H,23,24). The van der Waals surface area contributed by atoms with Crippen LogP contribution in [0.25, 0.3) is 11.3 Å². The molecule has 0 saturated carbocycles. The number of hydrazone groups is 1. The molecule has 0 spiro atoms. The Bertz CT molecular complexity index is 910. The summed E-state index contributed by atoms with van der Waals surface area (Å²) < 4.78 is 53.8. The number of anilines is 1. The smallest absolute Gasteiger partial charge is 0.406 e. The summed E-state index contributed by atoms with van der Waals surface area (Å²) in [5.41, 5.74) is 4.48. The van der Waals surface area contributed by atoms with Gasteiger partial charge < -0.3 is 4.74 Å². The summed E-state index contributed by atoms with van der Waals surface area (Å²) in [6.07, 6.45) is -3.72. The molecule has 0 amide bonds. The minimum atomic E-state index is -4.89. The number of nitrogens with zero attached hydrogens (tertiary/aromatic N) is 2. The van der Waals surface area contributed by atoms with Gasteiger partial charge in [-0.05, 0) is 12.1 Å². The lowest BCUT2D eigenvalue weighted by molar-refractivity contribution is -0.274. The summed E-state index contributed by atoms with van der Waals surface area (Å²) in [4.78, 5) is 4.34. The predicted molar refractivity (Wildman–Crippen MR) is 91.8 cm³/mol. The zero-order valence-electron chi connectivity index (χ0n) is 13.0. The maximum Gasteiger partial charge on any atom is 0.573 e. The van der Waals surface area contributed by atoms with E-state index in [1.54, 1.807) is 0 Å². The Labute approximate surface area is 149 Å². The lowest BCUT2D eigenvalue weighted by atomic mass is 10.2. The highest BCUT2D eigenvalue weighted by Gasteiger charge is 2.31. The van der Waals surface area contributed by atoms with Crippen LogP contribution in [0.3, 0.4) is 0 Å². The van der Waals surface area contributed by atoms with Crippen molar-refractivity contribution in [3.8, 4) is 17.0 Å². The average molecular weight is 381 g/mol. The number of benzene rings is 2. The average Bonchev–Trinajstić information content (AvgIpc) is 3.02. The summed E-state index contributed by atoms with van der Waals surface area (Å²) >= 11 is 1.31. The van der Waals surface area contributed by atoms with Crippen molar-refractivity contribution < 1.29 is 22.3 Å². The highest BCUT2D eigenvalue weighted by atomic mass is 32.1. The van der Waals surface area contributed by atoms with E-state index in [0.29, 0.717) is 11.2 Å². The van der Waals surface area contributed by atoms with E-state index in [9.17, 15) is 17.6 Å². The van der Waals surface area contributed by atoms with Gasteiger partial charge >= 0.3 is 6.36 Å². The summed E-state index contributed by atoms with van der Waals surface area (Å²) in [7, 11) is 0. The third kappa shape index (κ3) is 5.03. The van der Waals surface area contributed by atoms with Crippen molar-refractivity contribution in [2.24, 2.45) is 5.10 Å². The van der Waals surface area contributed by atoms with Crippen molar-refractivity contribution in [1.29, 1.82) is 0 Å². The first-order valence-electron chi connectivity index (χ1n) is 7.25. The van der Waals surface area contributed by atoms with E-state index in [4.69, 9.17) is 0 Å². The fraction of sp³-hybridized carbons (Fsp3) is 0.0588. The molecule has 0 atom stereocenters. The molecule has 0 aliphatic heterocycles. The number of halogens is 4. The maximum absolute atomic E-state index is 13.4. The lowest BCUT2D eigenvalue weighted by Gasteiger charge is -2.09. The van der Waals surface area contributed by atoms with Gasteiger partial charge in [0.25, 0.3) is 0 Å². The van der Waals surface area contributed by atoms with Gasteiger partial charge in [0.2, 0.25) is 5.13 Å². The molecule has 0 saturated heterocycles. The Morgan fingerprint density at radius 3 is 2.62 bits per heavy atom. The van der Waals surface area contributed by atoms with E-state index in [0.717, 1.165) is 23.4 Å². The van der Waals surface area contributed by atoms with Crippen molar-refractivity contribution >= 4 is 22.7 Å². The second-order valence-electron chi connectivity index (χ2n) is 5.04. The van der Waals surface area contributed by atoms with Crippen molar-refractivity contribution in [3.63, 3.8) is 0 Å². The predicted octanol–water partition coefficient (Wildman–Crippen LogP) is 5.29. The van der Waals surface area contributed by atoms with Crippen molar-refractivity contribution in [1.82, 2.24) is 4.98 Å². The molecule has 9 heteroatoms. The van der Waals surface area contributed by atoms with E-state index >= 15 is 0 Å². The zero-order chi connectivity index (χ0) is 18.6. The van der Waals surface area contributed by atoms with E-state index in [2.05, 4.69) is 20.2 Å². The van der Waals surface area contributed by atoms with Gasteiger partial charge in [0, 0.05) is 22.6 Å². The van der Waals surface area contributed by atoms with Gasteiger partial charge in [0.1, 0.15) is 11.6 Å². The highest BCUT2D eigenvalue weighted by Crippen LogP contribution is 2.25. The minimum Gasteiger partial charge on any atom is -0.406 e. The molecule has 0 radical (unpaired) electrons.